The fourth-order valence-electron chi connectivity index (χ4n) is 1.59. The van der Waals surface area contributed by atoms with E-state index in [-0.39, 0.29) is 10.2 Å². The van der Waals surface area contributed by atoms with Gasteiger partial charge in [-0.1, -0.05) is 15.9 Å². The second kappa shape index (κ2) is 7.14. The molecule has 0 fully saturated rings. The minimum atomic E-state index is -3.87. The molecule has 0 aliphatic carbocycles. The first-order valence-electron chi connectivity index (χ1n) is 5.73. The van der Waals surface area contributed by atoms with Gasteiger partial charge in [-0.3, -0.25) is 0 Å². The molecule has 0 aliphatic heterocycles. The maximum Gasteiger partial charge on any atom is 0.338 e. The molecule has 1 aromatic rings. The highest BCUT2D eigenvalue weighted by atomic mass is 79.9. The molecule has 0 spiro atoms. The largest absolute Gasteiger partial charge is 0.478 e. The predicted molar refractivity (Wildman–Crippen MR) is 74.2 cm³/mol. The van der Waals surface area contributed by atoms with Gasteiger partial charge in [0.1, 0.15) is 4.90 Å². The van der Waals surface area contributed by atoms with Crippen molar-refractivity contribution in [3.8, 4) is 0 Å². The molecule has 0 saturated carbocycles. The number of carboxylic acid groups (broad SMARTS) is 1. The molecule has 0 bridgehead atoms. The number of hydrogen-bond donors (Lipinski definition) is 1. The van der Waals surface area contributed by atoms with E-state index in [9.17, 15) is 17.6 Å². The molecule has 0 atom stereocenters. The standard InChI is InChI=1S/C12H14BrFO5S/c1-19-4-2-3-5-20(17,18)10-7-8(13)6-9(11(10)14)12(15)16/h6-7H,2-5H2,1H3,(H,15,16). The van der Waals surface area contributed by atoms with Crippen LogP contribution in [-0.2, 0) is 14.6 Å². The Morgan fingerprint density at radius 2 is 2.05 bits per heavy atom. The first-order chi connectivity index (χ1) is 9.29. The lowest BCUT2D eigenvalue weighted by molar-refractivity contribution is 0.0691. The molecule has 0 radical (unpaired) electrons. The van der Waals surface area contributed by atoms with Crippen molar-refractivity contribution >= 4 is 31.7 Å². The van der Waals surface area contributed by atoms with Crippen LogP contribution < -0.4 is 0 Å². The third-order valence-electron chi connectivity index (χ3n) is 2.58. The molecule has 20 heavy (non-hydrogen) atoms. The second-order valence-electron chi connectivity index (χ2n) is 4.09. The van der Waals surface area contributed by atoms with E-state index >= 15 is 0 Å². The van der Waals surface area contributed by atoms with E-state index in [4.69, 9.17) is 9.84 Å². The van der Waals surface area contributed by atoms with Crippen LogP contribution in [0, 0.1) is 5.82 Å². The molecule has 1 aromatic carbocycles. The average molecular weight is 369 g/mol. The maximum atomic E-state index is 14.0. The van der Waals surface area contributed by atoms with Crippen LogP contribution in [0.3, 0.4) is 0 Å². The summed E-state index contributed by atoms with van der Waals surface area (Å²) in [6.45, 7) is 0.414. The molecule has 112 valence electrons. The van der Waals surface area contributed by atoms with Crippen molar-refractivity contribution in [1.82, 2.24) is 0 Å². The Hall–Kier alpha value is -0.990. The van der Waals surface area contributed by atoms with Crippen molar-refractivity contribution in [3.05, 3.63) is 28.0 Å². The SMILES string of the molecule is COCCCCS(=O)(=O)c1cc(Br)cc(C(=O)O)c1F. The van der Waals surface area contributed by atoms with Gasteiger partial charge in [0.2, 0.25) is 0 Å². The normalized spacial score (nSPS) is 11.6. The lowest BCUT2D eigenvalue weighted by atomic mass is 10.2. The fourth-order valence-corrected chi connectivity index (χ4v) is 3.70. The maximum absolute atomic E-state index is 14.0. The van der Waals surface area contributed by atoms with Crippen LogP contribution in [0.15, 0.2) is 21.5 Å². The van der Waals surface area contributed by atoms with E-state index in [2.05, 4.69) is 15.9 Å². The Morgan fingerprint density at radius 3 is 2.60 bits per heavy atom. The molecule has 0 heterocycles. The number of carbonyl (C=O) groups is 1. The number of methoxy groups -OCH3 is 1. The quantitative estimate of drug-likeness (QED) is 0.747. The van der Waals surface area contributed by atoms with Crippen molar-refractivity contribution in [2.75, 3.05) is 19.5 Å². The topological polar surface area (TPSA) is 80.7 Å². The summed E-state index contributed by atoms with van der Waals surface area (Å²) in [6.07, 6.45) is 0.835. The zero-order valence-corrected chi connectivity index (χ0v) is 13.1. The molecule has 1 rings (SSSR count). The van der Waals surface area contributed by atoms with Crippen LogP contribution in [0.2, 0.25) is 0 Å². The lowest BCUT2D eigenvalue weighted by Crippen LogP contribution is -2.13. The monoisotopic (exact) mass is 368 g/mol. The van der Waals surface area contributed by atoms with E-state index in [1.54, 1.807) is 0 Å². The zero-order valence-electron chi connectivity index (χ0n) is 10.7. The van der Waals surface area contributed by atoms with Gasteiger partial charge in [-0.25, -0.2) is 17.6 Å². The highest BCUT2D eigenvalue weighted by Crippen LogP contribution is 2.25. The minimum absolute atomic E-state index is 0.201. The molecule has 0 aliphatic rings. The highest BCUT2D eigenvalue weighted by Gasteiger charge is 2.24. The summed E-state index contributed by atoms with van der Waals surface area (Å²) in [5.74, 6) is -3.00. The Morgan fingerprint density at radius 1 is 1.40 bits per heavy atom. The van der Waals surface area contributed by atoms with E-state index < -0.39 is 32.1 Å². The smallest absolute Gasteiger partial charge is 0.338 e. The van der Waals surface area contributed by atoms with Gasteiger partial charge in [-0.2, -0.15) is 0 Å². The number of unbranched alkanes of at least 4 members (excludes halogenated alkanes) is 1. The van der Waals surface area contributed by atoms with E-state index in [1.807, 2.05) is 0 Å². The Kier molecular flexibility index (Phi) is 6.09. The Balaban J connectivity index is 3.09. The molecule has 0 aromatic heterocycles. The van der Waals surface area contributed by atoms with Crippen molar-refractivity contribution < 1.29 is 27.4 Å². The lowest BCUT2D eigenvalue weighted by Gasteiger charge is -2.08. The summed E-state index contributed by atoms with van der Waals surface area (Å²) >= 11 is 2.99. The second-order valence-corrected chi connectivity index (χ2v) is 7.08. The minimum Gasteiger partial charge on any atom is -0.478 e. The first-order valence-corrected chi connectivity index (χ1v) is 8.18. The third kappa shape index (κ3) is 4.26. The molecule has 8 heteroatoms. The fraction of sp³-hybridized carbons (Fsp3) is 0.417. The zero-order chi connectivity index (χ0) is 15.3. The van der Waals surface area contributed by atoms with Gasteiger partial charge in [-0.15, -0.1) is 0 Å². The Bertz CT molecular complexity index is 600. The molecule has 0 amide bonds. The summed E-state index contributed by atoms with van der Waals surface area (Å²) in [5.41, 5.74) is -0.671. The van der Waals surface area contributed by atoms with Gasteiger partial charge in [0, 0.05) is 18.2 Å². The summed E-state index contributed by atoms with van der Waals surface area (Å²) in [7, 11) is -2.37. The average Bonchev–Trinajstić information content (AvgIpc) is 2.36. The number of hydrogen-bond acceptors (Lipinski definition) is 4. The van der Waals surface area contributed by atoms with Crippen LogP contribution in [0.1, 0.15) is 23.2 Å². The van der Waals surface area contributed by atoms with Crippen LogP contribution in [0.4, 0.5) is 4.39 Å². The van der Waals surface area contributed by atoms with Gasteiger partial charge in [0.05, 0.1) is 11.3 Å². The number of rotatable bonds is 7. The molecular formula is C12H14BrFO5S. The van der Waals surface area contributed by atoms with E-state index in [0.29, 0.717) is 19.4 Å². The van der Waals surface area contributed by atoms with Crippen molar-refractivity contribution in [1.29, 1.82) is 0 Å². The van der Waals surface area contributed by atoms with Crippen LogP contribution in [0.25, 0.3) is 0 Å². The number of halogens is 2. The van der Waals surface area contributed by atoms with E-state index in [0.717, 1.165) is 12.1 Å². The highest BCUT2D eigenvalue weighted by molar-refractivity contribution is 9.10. The number of sulfone groups is 1. The molecule has 0 unspecified atom stereocenters. The van der Waals surface area contributed by atoms with Gasteiger partial charge in [0.25, 0.3) is 0 Å². The summed E-state index contributed by atoms with van der Waals surface area (Å²) in [6, 6.07) is 2.11. The Labute approximate surface area is 124 Å². The first kappa shape index (κ1) is 17.1. The van der Waals surface area contributed by atoms with Crippen LogP contribution >= 0.6 is 15.9 Å². The summed E-state index contributed by atoms with van der Waals surface area (Å²) in [4.78, 5) is 10.3. The molecular weight excluding hydrogens is 355 g/mol. The number of benzene rings is 1. The van der Waals surface area contributed by atoms with Gasteiger partial charge in [-0.05, 0) is 25.0 Å². The predicted octanol–water partition coefficient (Wildman–Crippen LogP) is 2.49. The van der Waals surface area contributed by atoms with Crippen molar-refractivity contribution in [3.63, 3.8) is 0 Å². The number of carboxylic acids is 1. The number of aromatic carboxylic acids is 1. The van der Waals surface area contributed by atoms with Crippen LogP contribution in [-0.4, -0.2) is 39.0 Å². The third-order valence-corrected chi connectivity index (χ3v) is 4.83. The van der Waals surface area contributed by atoms with Gasteiger partial charge >= 0.3 is 5.97 Å². The molecule has 0 saturated heterocycles. The molecule has 5 nitrogen and oxygen atoms in total. The van der Waals surface area contributed by atoms with Gasteiger partial charge in [0.15, 0.2) is 15.7 Å². The van der Waals surface area contributed by atoms with Crippen molar-refractivity contribution in [2.45, 2.75) is 17.7 Å². The van der Waals surface area contributed by atoms with Crippen molar-refractivity contribution in [2.24, 2.45) is 0 Å². The summed E-state index contributed by atoms with van der Waals surface area (Å²) < 4.78 is 43.1. The van der Waals surface area contributed by atoms with Gasteiger partial charge < -0.3 is 9.84 Å². The van der Waals surface area contributed by atoms with Crippen LogP contribution in [0.5, 0.6) is 0 Å². The molecule has 1 N–H and O–H groups in total. The number of ether oxygens (including phenoxy) is 1. The van der Waals surface area contributed by atoms with E-state index in [1.165, 1.54) is 7.11 Å². The summed E-state index contributed by atoms with van der Waals surface area (Å²) in [5, 5.41) is 8.85.